The van der Waals surface area contributed by atoms with Gasteiger partial charge >= 0.3 is 0 Å². The van der Waals surface area contributed by atoms with Crippen LogP contribution in [0.15, 0.2) is 18.2 Å². The third-order valence-corrected chi connectivity index (χ3v) is 3.65. The third-order valence-electron chi connectivity index (χ3n) is 2.35. The smallest absolute Gasteiger partial charge is 0.254 e. The summed E-state index contributed by atoms with van der Waals surface area (Å²) in [6, 6.07) is 3.88. The largest absolute Gasteiger partial charge is 0.399 e. The van der Waals surface area contributed by atoms with Crippen molar-refractivity contribution in [3.05, 3.63) is 29.6 Å². The highest BCUT2D eigenvalue weighted by molar-refractivity contribution is 7.84. The molecule has 0 bridgehead atoms. The van der Waals surface area contributed by atoms with E-state index in [-0.39, 0.29) is 23.0 Å². The summed E-state index contributed by atoms with van der Waals surface area (Å²) in [6.45, 7) is 1.99. The Kier molecular flexibility index (Phi) is 4.62. The first-order valence-corrected chi connectivity index (χ1v) is 6.69. The van der Waals surface area contributed by atoms with Crippen molar-refractivity contribution in [2.75, 3.05) is 18.5 Å². The van der Waals surface area contributed by atoms with Crippen molar-refractivity contribution in [1.82, 2.24) is 5.32 Å². The van der Waals surface area contributed by atoms with Crippen LogP contribution in [-0.4, -0.2) is 28.2 Å². The van der Waals surface area contributed by atoms with Gasteiger partial charge in [0.15, 0.2) is 0 Å². The summed E-state index contributed by atoms with van der Waals surface area (Å²) in [4.78, 5) is 11.6. The molecule has 1 rings (SSSR count). The molecule has 0 saturated heterocycles. The first-order valence-electron chi connectivity index (χ1n) is 5.07. The van der Waals surface area contributed by atoms with E-state index < -0.39 is 22.5 Å². The average molecular weight is 258 g/mol. The van der Waals surface area contributed by atoms with Crippen molar-refractivity contribution in [1.29, 1.82) is 0 Å². The van der Waals surface area contributed by atoms with Gasteiger partial charge in [0, 0.05) is 34.5 Å². The Labute approximate surface area is 102 Å². The molecule has 2 unspecified atom stereocenters. The Balaban J connectivity index is 2.67. The second-order valence-corrected chi connectivity index (χ2v) is 5.56. The molecule has 0 fully saturated rings. The van der Waals surface area contributed by atoms with Gasteiger partial charge in [-0.1, -0.05) is 0 Å². The number of anilines is 1. The zero-order valence-electron chi connectivity index (χ0n) is 9.70. The minimum atomic E-state index is -1.02. The molecule has 94 valence electrons. The number of nitrogens with two attached hydrogens (primary N) is 1. The van der Waals surface area contributed by atoms with E-state index in [1.165, 1.54) is 12.1 Å². The Morgan fingerprint density at radius 3 is 2.76 bits per heavy atom. The van der Waals surface area contributed by atoms with Gasteiger partial charge in [-0.3, -0.25) is 9.00 Å². The fraction of sp³-hybridized carbons (Fsp3) is 0.364. The molecule has 0 aromatic heterocycles. The molecule has 1 amide bonds. The van der Waals surface area contributed by atoms with Crippen LogP contribution >= 0.6 is 0 Å². The molecule has 0 radical (unpaired) electrons. The van der Waals surface area contributed by atoms with E-state index >= 15 is 0 Å². The van der Waals surface area contributed by atoms with Crippen LogP contribution in [0.2, 0.25) is 0 Å². The molecule has 0 spiro atoms. The molecule has 6 heteroatoms. The second kappa shape index (κ2) is 5.77. The fourth-order valence-corrected chi connectivity index (χ4v) is 1.48. The molecular weight excluding hydrogens is 243 g/mol. The van der Waals surface area contributed by atoms with Gasteiger partial charge in [0.1, 0.15) is 5.82 Å². The number of nitrogens with one attached hydrogen (secondary N) is 1. The molecule has 1 aromatic rings. The second-order valence-electron chi connectivity index (χ2n) is 3.76. The average Bonchev–Trinajstić information content (AvgIpc) is 2.25. The number of halogens is 1. The number of carbonyl (C=O) groups is 1. The molecule has 0 aliphatic rings. The molecule has 0 aliphatic carbocycles. The maximum absolute atomic E-state index is 13.4. The Bertz CT molecular complexity index is 451. The number of amides is 1. The highest BCUT2D eigenvalue weighted by Gasteiger charge is 2.13. The normalized spacial score (nSPS) is 14.1. The van der Waals surface area contributed by atoms with Gasteiger partial charge < -0.3 is 11.1 Å². The first kappa shape index (κ1) is 13.6. The lowest BCUT2D eigenvalue weighted by molar-refractivity contribution is 0.0950. The summed E-state index contributed by atoms with van der Waals surface area (Å²) < 4.78 is 24.5. The summed E-state index contributed by atoms with van der Waals surface area (Å²) in [7, 11) is -1.02. The van der Waals surface area contributed by atoms with E-state index in [9.17, 15) is 13.4 Å². The number of hydrogen-bond acceptors (Lipinski definition) is 3. The highest BCUT2D eigenvalue weighted by Crippen LogP contribution is 2.11. The van der Waals surface area contributed by atoms with Crippen molar-refractivity contribution < 1.29 is 13.4 Å². The van der Waals surface area contributed by atoms with Crippen LogP contribution in [-0.2, 0) is 10.8 Å². The zero-order valence-corrected chi connectivity index (χ0v) is 10.5. The highest BCUT2D eigenvalue weighted by atomic mass is 32.2. The fourth-order valence-electron chi connectivity index (χ4n) is 1.16. The summed E-state index contributed by atoms with van der Waals surface area (Å²) >= 11 is 0. The van der Waals surface area contributed by atoms with E-state index in [1.807, 2.05) is 0 Å². The molecule has 1 aromatic carbocycles. The Morgan fingerprint density at radius 1 is 1.59 bits per heavy atom. The molecule has 0 aliphatic heterocycles. The van der Waals surface area contributed by atoms with Crippen molar-refractivity contribution in [3.8, 4) is 0 Å². The summed E-state index contributed by atoms with van der Waals surface area (Å²) in [5, 5.41) is 2.36. The zero-order chi connectivity index (χ0) is 13.0. The number of nitrogen functional groups attached to an aromatic ring is 1. The van der Waals surface area contributed by atoms with Gasteiger partial charge in [0.2, 0.25) is 0 Å². The Hall–Kier alpha value is -1.43. The Morgan fingerprint density at radius 2 is 2.24 bits per heavy atom. The van der Waals surface area contributed by atoms with Crippen LogP contribution in [0.25, 0.3) is 0 Å². The maximum atomic E-state index is 13.4. The number of rotatable bonds is 4. The van der Waals surface area contributed by atoms with Gasteiger partial charge in [0.05, 0.1) is 5.56 Å². The van der Waals surface area contributed by atoms with Gasteiger partial charge in [-0.05, 0) is 25.1 Å². The van der Waals surface area contributed by atoms with Crippen molar-refractivity contribution in [3.63, 3.8) is 0 Å². The van der Waals surface area contributed by atoms with Crippen LogP contribution in [0, 0.1) is 5.82 Å². The quantitative estimate of drug-likeness (QED) is 0.788. The molecule has 2 atom stereocenters. The molecule has 4 nitrogen and oxygen atoms in total. The molecule has 0 heterocycles. The van der Waals surface area contributed by atoms with Crippen LogP contribution in [0.4, 0.5) is 10.1 Å². The molecule has 17 heavy (non-hydrogen) atoms. The monoisotopic (exact) mass is 258 g/mol. The van der Waals surface area contributed by atoms with E-state index in [2.05, 4.69) is 5.32 Å². The first-order chi connectivity index (χ1) is 7.91. The van der Waals surface area contributed by atoms with Gasteiger partial charge in [-0.15, -0.1) is 0 Å². The van der Waals surface area contributed by atoms with Crippen LogP contribution < -0.4 is 11.1 Å². The maximum Gasteiger partial charge on any atom is 0.254 e. The van der Waals surface area contributed by atoms with Gasteiger partial charge in [0.25, 0.3) is 5.91 Å². The van der Waals surface area contributed by atoms with Crippen LogP contribution in [0.1, 0.15) is 17.3 Å². The van der Waals surface area contributed by atoms with Crippen LogP contribution in [0.3, 0.4) is 0 Å². The standard InChI is InChI=1S/C11H15FN2O2S/c1-7(17(2)16)6-14-11(15)9-4-3-8(13)5-10(9)12/h3-5,7H,6,13H2,1-2H3,(H,14,15). The minimum absolute atomic E-state index is 0.0618. The summed E-state index contributed by atoms with van der Waals surface area (Å²) in [5.41, 5.74) is 5.58. The minimum Gasteiger partial charge on any atom is -0.399 e. The van der Waals surface area contributed by atoms with Crippen LogP contribution in [0.5, 0.6) is 0 Å². The predicted molar refractivity (Wildman–Crippen MR) is 66.7 cm³/mol. The molecule has 3 N–H and O–H groups in total. The molecule has 0 saturated carbocycles. The van der Waals surface area contributed by atoms with E-state index in [0.29, 0.717) is 0 Å². The van der Waals surface area contributed by atoms with Crippen molar-refractivity contribution >= 4 is 22.4 Å². The van der Waals surface area contributed by atoms with E-state index in [0.717, 1.165) is 6.07 Å². The van der Waals surface area contributed by atoms with Gasteiger partial charge in [-0.25, -0.2) is 4.39 Å². The number of hydrogen-bond donors (Lipinski definition) is 2. The van der Waals surface area contributed by atoms with E-state index in [4.69, 9.17) is 5.73 Å². The van der Waals surface area contributed by atoms with Gasteiger partial charge in [-0.2, -0.15) is 0 Å². The summed E-state index contributed by atoms with van der Waals surface area (Å²) in [6.07, 6.45) is 1.56. The number of benzene rings is 1. The van der Waals surface area contributed by atoms with E-state index in [1.54, 1.807) is 13.2 Å². The number of carbonyl (C=O) groups excluding carboxylic acids is 1. The lowest BCUT2D eigenvalue weighted by atomic mass is 10.2. The predicted octanol–water partition coefficient (Wildman–Crippen LogP) is 0.905. The SMILES string of the molecule is CC(CNC(=O)c1ccc(N)cc1F)S(C)=O. The lowest BCUT2D eigenvalue weighted by Crippen LogP contribution is -2.33. The topological polar surface area (TPSA) is 72.2 Å². The molecular formula is C11H15FN2O2S. The van der Waals surface area contributed by atoms with Crippen molar-refractivity contribution in [2.24, 2.45) is 0 Å². The summed E-state index contributed by atoms with van der Waals surface area (Å²) in [5.74, 6) is -1.19. The van der Waals surface area contributed by atoms with Crippen molar-refractivity contribution in [2.45, 2.75) is 12.2 Å². The lowest BCUT2D eigenvalue weighted by Gasteiger charge is -2.10. The third kappa shape index (κ3) is 3.81.